The minimum Gasteiger partial charge on any atom is -0.324 e. The summed E-state index contributed by atoms with van der Waals surface area (Å²) in [6, 6.07) is 10.7. The van der Waals surface area contributed by atoms with Gasteiger partial charge in [-0.1, -0.05) is 37.3 Å². The zero-order chi connectivity index (χ0) is 15.4. The monoisotopic (exact) mass is 303 g/mol. The molecule has 2 rings (SSSR count). The van der Waals surface area contributed by atoms with E-state index in [1.165, 1.54) is 10.4 Å². The Morgan fingerprint density at radius 2 is 1.86 bits per heavy atom. The largest absolute Gasteiger partial charge is 0.324 e. The van der Waals surface area contributed by atoms with E-state index in [9.17, 15) is 0 Å². The van der Waals surface area contributed by atoms with Crippen molar-refractivity contribution in [1.82, 2.24) is 10.3 Å². The first-order chi connectivity index (χ1) is 9.99. The van der Waals surface area contributed by atoms with Gasteiger partial charge in [0.05, 0.1) is 10.7 Å². The highest BCUT2D eigenvalue weighted by Crippen LogP contribution is 2.25. The van der Waals surface area contributed by atoms with Crippen LogP contribution in [0.1, 0.15) is 47.1 Å². The number of aryl methyl sites for hydroxylation is 2. The lowest BCUT2D eigenvalue weighted by atomic mass is 9.95. The lowest BCUT2D eigenvalue weighted by Crippen LogP contribution is -2.31. The van der Waals surface area contributed by atoms with Crippen LogP contribution in [0.3, 0.4) is 0 Å². The van der Waals surface area contributed by atoms with Crippen molar-refractivity contribution in [3.05, 3.63) is 51.5 Å². The Bertz CT molecular complexity index is 565. The van der Waals surface area contributed by atoms with Crippen molar-refractivity contribution >= 4 is 11.3 Å². The van der Waals surface area contributed by atoms with Gasteiger partial charge in [0.15, 0.2) is 0 Å². The van der Waals surface area contributed by atoms with Gasteiger partial charge in [0.1, 0.15) is 0 Å². The molecule has 0 aliphatic carbocycles. The number of hydrogen-bond donors (Lipinski definition) is 2. The minimum atomic E-state index is 0.0650. The van der Waals surface area contributed by atoms with Crippen LogP contribution in [0.25, 0.3) is 0 Å². The van der Waals surface area contributed by atoms with Crippen molar-refractivity contribution in [2.45, 2.75) is 39.8 Å². The van der Waals surface area contributed by atoms with Crippen molar-refractivity contribution in [3.8, 4) is 0 Å². The van der Waals surface area contributed by atoms with Crippen molar-refractivity contribution in [2.75, 3.05) is 6.54 Å². The van der Waals surface area contributed by atoms with Crippen LogP contribution in [0.4, 0.5) is 0 Å². The summed E-state index contributed by atoms with van der Waals surface area (Å²) >= 11 is 1.77. The summed E-state index contributed by atoms with van der Waals surface area (Å²) in [6.07, 6.45) is 0. The second-order valence-electron chi connectivity index (χ2n) is 5.73. The fraction of sp³-hybridized carbons (Fsp3) is 0.471. The molecule has 3 unspecified atom stereocenters. The smallest absolute Gasteiger partial charge is 0.0900 e. The van der Waals surface area contributed by atoms with E-state index in [4.69, 9.17) is 5.73 Å². The van der Waals surface area contributed by atoms with Gasteiger partial charge in [-0.05, 0) is 32.3 Å². The van der Waals surface area contributed by atoms with Crippen LogP contribution in [-0.2, 0) is 0 Å². The van der Waals surface area contributed by atoms with E-state index >= 15 is 0 Å². The average Bonchev–Trinajstić information content (AvgIpc) is 2.83. The Morgan fingerprint density at radius 3 is 2.43 bits per heavy atom. The topological polar surface area (TPSA) is 50.9 Å². The Morgan fingerprint density at radius 1 is 1.19 bits per heavy atom. The average molecular weight is 303 g/mol. The number of nitrogens with zero attached hydrogens (tertiary/aromatic N) is 1. The first kappa shape index (κ1) is 16.1. The van der Waals surface area contributed by atoms with Gasteiger partial charge >= 0.3 is 0 Å². The van der Waals surface area contributed by atoms with Crippen molar-refractivity contribution in [1.29, 1.82) is 0 Å². The summed E-state index contributed by atoms with van der Waals surface area (Å²) in [4.78, 5) is 5.82. The van der Waals surface area contributed by atoms with Crippen LogP contribution in [0.5, 0.6) is 0 Å². The predicted octanol–water partition coefficient (Wildman–Crippen LogP) is 3.75. The van der Waals surface area contributed by atoms with E-state index in [1.807, 2.05) is 18.2 Å². The van der Waals surface area contributed by atoms with Crippen LogP contribution < -0.4 is 11.1 Å². The molecule has 21 heavy (non-hydrogen) atoms. The number of hydrogen-bond acceptors (Lipinski definition) is 4. The number of thiazole rings is 1. The SMILES string of the molecule is Cc1nc(C)c(C(C)NCC(C)C(N)c2ccccc2)s1. The third-order valence-electron chi connectivity index (χ3n) is 3.88. The fourth-order valence-electron chi connectivity index (χ4n) is 2.53. The van der Waals surface area contributed by atoms with Crippen LogP contribution in [0, 0.1) is 19.8 Å². The highest BCUT2D eigenvalue weighted by molar-refractivity contribution is 7.11. The quantitative estimate of drug-likeness (QED) is 0.854. The van der Waals surface area contributed by atoms with E-state index in [0.717, 1.165) is 17.2 Å². The number of benzene rings is 1. The number of nitrogens with one attached hydrogen (secondary N) is 1. The van der Waals surface area contributed by atoms with E-state index < -0.39 is 0 Å². The molecule has 0 spiro atoms. The van der Waals surface area contributed by atoms with Gasteiger partial charge in [0, 0.05) is 23.5 Å². The molecule has 1 aromatic heterocycles. The Balaban J connectivity index is 1.92. The molecule has 0 saturated carbocycles. The van der Waals surface area contributed by atoms with E-state index in [-0.39, 0.29) is 6.04 Å². The fourth-order valence-corrected chi connectivity index (χ4v) is 3.49. The maximum atomic E-state index is 6.35. The van der Waals surface area contributed by atoms with Gasteiger partial charge in [0.25, 0.3) is 0 Å². The van der Waals surface area contributed by atoms with Gasteiger partial charge < -0.3 is 11.1 Å². The van der Waals surface area contributed by atoms with Gasteiger partial charge in [-0.25, -0.2) is 4.98 Å². The zero-order valence-electron chi connectivity index (χ0n) is 13.3. The standard InChI is InChI=1S/C17H25N3S/c1-11(16(18)15-8-6-5-7-9-15)10-19-12(2)17-13(3)20-14(4)21-17/h5-9,11-12,16,19H,10,18H2,1-4H3. The maximum Gasteiger partial charge on any atom is 0.0900 e. The third kappa shape index (κ3) is 4.13. The molecule has 4 heteroatoms. The first-order valence-corrected chi connectivity index (χ1v) is 8.28. The van der Waals surface area contributed by atoms with Crippen molar-refractivity contribution < 1.29 is 0 Å². The molecule has 0 fully saturated rings. The molecule has 0 bridgehead atoms. The van der Waals surface area contributed by atoms with Crippen LogP contribution in [0.2, 0.25) is 0 Å². The molecule has 114 valence electrons. The van der Waals surface area contributed by atoms with Crippen molar-refractivity contribution in [2.24, 2.45) is 11.7 Å². The molecule has 3 N–H and O–H groups in total. The second kappa shape index (κ2) is 7.16. The summed E-state index contributed by atoms with van der Waals surface area (Å²) in [7, 11) is 0. The lowest BCUT2D eigenvalue weighted by Gasteiger charge is -2.23. The number of rotatable bonds is 6. The Labute approximate surface area is 131 Å². The molecule has 0 radical (unpaired) electrons. The van der Waals surface area contributed by atoms with Gasteiger partial charge in [-0.15, -0.1) is 11.3 Å². The van der Waals surface area contributed by atoms with E-state index in [0.29, 0.717) is 12.0 Å². The highest BCUT2D eigenvalue weighted by Gasteiger charge is 2.17. The van der Waals surface area contributed by atoms with Gasteiger partial charge in [0.2, 0.25) is 0 Å². The van der Waals surface area contributed by atoms with Crippen LogP contribution in [0.15, 0.2) is 30.3 Å². The molecule has 3 nitrogen and oxygen atoms in total. The summed E-state index contributed by atoms with van der Waals surface area (Å²) in [6.45, 7) is 9.43. The van der Waals surface area contributed by atoms with Crippen molar-refractivity contribution in [3.63, 3.8) is 0 Å². The Kier molecular flexibility index (Phi) is 5.51. The molecular formula is C17H25N3S. The maximum absolute atomic E-state index is 6.35. The first-order valence-electron chi connectivity index (χ1n) is 7.47. The highest BCUT2D eigenvalue weighted by atomic mass is 32.1. The molecule has 1 aromatic carbocycles. The molecule has 3 atom stereocenters. The molecule has 0 amide bonds. The zero-order valence-corrected chi connectivity index (χ0v) is 14.1. The lowest BCUT2D eigenvalue weighted by molar-refractivity contribution is 0.412. The van der Waals surface area contributed by atoms with Gasteiger partial charge in [-0.2, -0.15) is 0 Å². The molecule has 0 saturated heterocycles. The Hall–Kier alpha value is -1.23. The van der Waals surface area contributed by atoms with E-state index in [2.05, 4.69) is 50.1 Å². The van der Waals surface area contributed by atoms with Gasteiger partial charge in [-0.3, -0.25) is 0 Å². The minimum absolute atomic E-state index is 0.0650. The molecule has 0 aliphatic heterocycles. The predicted molar refractivity (Wildman–Crippen MR) is 90.5 cm³/mol. The van der Waals surface area contributed by atoms with Crippen LogP contribution in [-0.4, -0.2) is 11.5 Å². The number of nitrogens with two attached hydrogens (primary N) is 1. The summed E-state index contributed by atoms with van der Waals surface area (Å²) < 4.78 is 0. The van der Waals surface area contributed by atoms with E-state index in [1.54, 1.807) is 11.3 Å². The third-order valence-corrected chi connectivity index (χ3v) is 5.13. The molecule has 0 aliphatic rings. The summed E-state index contributed by atoms with van der Waals surface area (Å²) in [5.74, 6) is 0.379. The number of aromatic nitrogens is 1. The molecule has 2 aromatic rings. The molecule has 1 heterocycles. The second-order valence-corrected chi connectivity index (χ2v) is 6.96. The summed E-state index contributed by atoms with van der Waals surface area (Å²) in [5.41, 5.74) is 8.68. The van der Waals surface area contributed by atoms with Crippen LogP contribution >= 0.6 is 11.3 Å². The summed E-state index contributed by atoms with van der Waals surface area (Å²) in [5, 5.41) is 4.72. The molecular weight excluding hydrogens is 278 g/mol. The normalized spacial score (nSPS) is 15.7.